The minimum Gasteiger partial charge on any atom is -0.368 e. The third-order valence-corrected chi connectivity index (χ3v) is 2.50. The molecule has 2 aromatic heterocycles. The molecule has 1 atom stereocenters. The molecule has 6 heteroatoms. The summed E-state index contributed by atoms with van der Waals surface area (Å²) in [5.74, 6) is 1.54. The molecule has 0 fully saturated rings. The second-order valence-corrected chi connectivity index (χ2v) is 4.36. The molecular weight excluding hydrogens is 240 g/mol. The third-order valence-electron chi connectivity index (χ3n) is 2.50. The van der Waals surface area contributed by atoms with Crippen molar-refractivity contribution in [2.75, 3.05) is 17.2 Å². The molecule has 0 saturated carbocycles. The number of hydrogen-bond acceptors (Lipinski definition) is 6. The van der Waals surface area contributed by atoms with Gasteiger partial charge in [-0.15, -0.1) is 0 Å². The van der Waals surface area contributed by atoms with Gasteiger partial charge in [-0.25, -0.2) is 9.97 Å². The normalized spacial score (nSPS) is 11.9. The van der Waals surface area contributed by atoms with Crippen molar-refractivity contribution in [3.05, 3.63) is 42.5 Å². The lowest BCUT2D eigenvalue weighted by Gasteiger charge is -2.10. The van der Waals surface area contributed by atoms with E-state index in [2.05, 4.69) is 25.6 Å². The van der Waals surface area contributed by atoms with Crippen LogP contribution in [0.3, 0.4) is 0 Å². The summed E-state index contributed by atoms with van der Waals surface area (Å²) in [5, 5.41) is 6.40. The summed E-state index contributed by atoms with van der Waals surface area (Å²) < 4.78 is 0. The van der Waals surface area contributed by atoms with Gasteiger partial charge in [0, 0.05) is 37.6 Å². The fourth-order valence-corrected chi connectivity index (χ4v) is 1.51. The quantitative estimate of drug-likeness (QED) is 0.722. The Kier molecular flexibility index (Phi) is 4.63. The van der Waals surface area contributed by atoms with Gasteiger partial charge in [-0.1, -0.05) is 0 Å². The van der Waals surface area contributed by atoms with Gasteiger partial charge in [0.15, 0.2) is 0 Å². The van der Waals surface area contributed by atoms with Crippen molar-refractivity contribution < 1.29 is 0 Å². The van der Waals surface area contributed by atoms with E-state index in [1.54, 1.807) is 12.4 Å². The first-order valence-electron chi connectivity index (χ1n) is 6.18. The minimum atomic E-state index is 0.0863. The highest BCUT2D eigenvalue weighted by atomic mass is 15.1. The number of nitrogens with one attached hydrogen (secondary N) is 2. The third kappa shape index (κ3) is 4.51. The monoisotopic (exact) mass is 258 g/mol. The maximum atomic E-state index is 5.69. The van der Waals surface area contributed by atoms with Crippen LogP contribution in [0.25, 0.3) is 0 Å². The smallest absolute Gasteiger partial charge is 0.131 e. The second-order valence-electron chi connectivity index (χ2n) is 4.36. The number of anilines is 2. The van der Waals surface area contributed by atoms with Crippen molar-refractivity contribution in [1.82, 2.24) is 15.0 Å². The molecule has 0 aromatic carbocycles. The lowest BCUT2D eigenvalue weighted by Crippen LogP contribution is -2.25. The molecule has 100 valence electrons. The Morgan fingerprint density at radius 3 is 2.53 bits per heavy atom. The summed E-state index contributed by atoms with van der Waals surface area (Å²) in [6.45, 7) is 3.32. The number of nitrogens with two attached hydrogens (primary N) is 1. The van der Waals surface area contributed by atoms with Crippen molar-refractivity contribution in [2.24, 2.45) is 5.73 Å². The summed E-state index contributed by atoms with van der Waals surface area (Å²) in [6.07, 6.45) is 5.07. The van der Waals surface area contributed by atoms with Crippen LogP contribution < -0.4 is 16.4 Å². The molecule has 2 rings (SSSR count). The molecular formula is C13H18N6. The Bertz CT molecular complexity index is 499. The van der Waals surface area contributed by atoms with Crippen LogP contribution in [0.5, 0.6) is 0 Å². The lowest BCUT2D eigenvalue weighted by molar-refractivity contribution is 0.777. The predicted molar refractivity (Wildman–Crippen MR) is 75.7 cm³/mol. The molecule has 0 saturated heterocycles. The van der Waals surface area contributed by atoms with Crippen LogP contribution in [0.1, 0.15) is 12.5 Å². The van der Waals surface area contributed by atoms with Crippen molar-refractivity contribution in [3.8, 4) is 0 Å². The molecule has 2 heterocycles. The maximum Gasteiger partial charge on any atom is 0.131 e. The Labute approximate surface area is 112 Å². The topological polar surface area (TPSA) is 88.8 Å². The standard InChI is InChI=1S/C13H18N6/c1-10(14)7-16-12-6-13(19-9-18-12)17-8-11-2-4-15-5-3-11/h2-6,9-10H,7-8,14H2,1H3,(H2,16,17,18,19). The minimum absolute atomic E-state index is 0.0863. The SMILES string of the molecule is CC(N)CNc1cc(NCc2ccncc2)ncn1. The number of aromatic nitrogens is 3. The second kappa shape index (κ2) is 6.65. The first kappa shape index (κ1) is 13.2. The van der Waals surface area contributed by atoms with Crippen LogP contribution in [0.2, 0.25) is 0 Å². The average molecular weight is 258 g/mol. The lowest BCUT2D eigenvalue weighted by atomic mass is 10.3. The van der Waals surface area contributed by atoms with Crippen LogP contribution in [0.4, 0.5) is 11.6 Å². The van der Waals surface area contributed by atoms with E-state index in [9.17, 15) is 0 Å². The van der Waals surface area contributed by atoms with E-state index in [1.165, 1.54) is 6.33 Å². The van der Waals surface area contributed by atoms with E-state index in [0.717, 1.165) is 17.2 Å². The van der Waals surface area contributed by atoms with Crippen molar-refractivity contribution in [3.63, 3.8) is 0 Å². The molecule has 0 amide bonds. The van der Waals surface area contributed by atoms with Crippen molar-refractivity contribution in [2.45, 2.75) is 19.5 Å². The fourth-order valence-electron chi connectivity index (χ4n) is 1.51. The Balaban J connectivity index is 1.91. The molecule has 1 unspecified atom stereocenters. The first-order valence-corrected chi connectivity index (χ1v) is 6.18. The van der Waals surface area contributed by atoms with Crippen LogP contribution in [0, 0.1) is 0 Å². The highest BCUT2D eigenvalue weighted by Crippen LogP contribution is 2.09. The first-order chi connectivity index (χ1) is 9.24. The average Bonchev–Trinajstić information content (AvgIpc) is 2.44. The van der Waals surface area contributed by atoms with Gasteiger partial charge in [-0.05, 0) is 24.6 Å². The van der Waals surface area contributed by atoms with E-state index in [4.69, 9.17) is 5.73 Å². The van der Waals surface area contributed by atoms with Gasteiger partial charge in [0.25, 0.3) is 0 Å². The highest BCUT2D eigenvalue weighted by Gasteiger charge is 2.00. The van der Waals surface area contributed by atoms with Crippen LogP contribution in [0.15, 0.2) is 36.9 Å². The molecule has 0 radical (unpaired) electrons. The van der Waals surface area contributed by atoms with E-state index >= 15 is 0 Å². The van der Waals surface area contributed by atoms with Crippen LogP contribution in [-0.4, -0.2) is 27.5 Å². The van der Waals surface area contributed by atoms with Gasteiger partial charge in [0.05, 0.1) is 0 Å². The summed E-state index contributed by atoms with van der Waals surface area (Å²) in [5.41, 5.74) is 6.84. The van der Waals surface area contributed by atoms with Gasteiger partial charge >= 0.3 is 0 Å². The van der Waals surface area contributed by atoms with E-state index in [1.807, 2.05) is 25.1 Å². The number of pyridine rings is 1. The summed E-state index contributed by atoms with van der Waals surface area (Å²) >= 11 is 0. The van der Waals surface area contributed by atoms with Gasteiger partial charge in [-0.3, -0.25) is 4.98 Å². The van der Waals surface area contributed by atoms with Crippen LogP contribution >= 0.6 is 0 Å². The zero-order valence-corrected chi connectivity index (χ0v) is 10.9. The fraction of sp³-hybridized carbons (Fsp3) is 0.308. The van der Waals surface area contributed by atoms with Gasteiger partial charge in [0.2, 0.25) is 0 Å². The van der Waals surface area contributed by atoms with Crippen molar-refractivity contribution in [1.29, 1.82) is 0 Å². The molecule has 4 N–H and O–H groups in total. The molecule has 6 nitrogen and oxygen atoms in total. The van der Waals surface area contributed by atoms with Crippen molar-refractivity contribution >= 4 is 11.6 Å². The largest absolute Gasteiger partial charge is 0.368 e. The Morgan fingerprint density at radius 2 is 1.84 bits per heavy atom. The molecule has 0 aliphatic rings. The van der Waals surface area contributed by atoms with E-state index in [-0.39, 0.29) is 6.04 Å². The summed E-state index contributed by atoms with van der Waals surface area (Å²) in [6, 6.07) is 5.87. The summed E-state index contributed by atoms with van der Waals surface area (Å²) in [7, 11) is 0. The maximum absolute atomic E-state index is 5.69. The van der Waals surface area contributed by atoms with Gasteiger partial charge in [0.1, 0.15) is 18.0 Å². The highest BCUT2D eigenvalue weighted by molar-refractivity contribution is 5.46. The zero-order valence-electron chi connectivity index (χ0n) is 10.9. The van der Waals surface area contributed by atoms with E-state index in [0.29, 0.717) is 13.1 Å². The van der Waals surface area contributed by atoms with Gasteiger partial charge < -0.3 is 16.4 Å². The van der Waals surface area contributed by atoms with E-state index < -0.39 is 0 Å². The number of hydrogen-bond donors (Lipinski definition) is 3. The molecule has 0 spiro atoms. The molecule has 0 aliphatic carbocycles. The molecule has 0 aliphatic heterocycles. The molecule has 0 bridgehead atoms. The number of rotatable bonds is 6. The Hall–Kier alpha value is -2.21. The molecule has 2 aromatic rings. The summed E-state index contributed by atoms with van der Waals surface area (Å²) in [4.78, 5) is 12.3. The van der Waals surface area contributed by atoms with Crippen LogP contribution in [-0.2, 0) is 6.54 Å². The Morgan fingerprint density at radius 1 is 1.16 bits per heavy atom. The van der Waals surface area contributed by atoms with Gasteiger partial charge in [-0.2, -0.15) is 0 Å². The zero-order chi connectivity index (χ0) is 13.5. The number of nitrogens with zero attached hydrogens (tertiary/aromatic N) is 3. The molecule has 19 heavy (non-hydrogen) atoms. The predicted octanol–water partition coefficient (Wildman–Crippen LogP) is 1.24.